The smallest absolute Gasteiger partial charge is 0.0629 e. The van der Waals surface area contributed by atoms with Crippen LogP contribution in [0, 0.1) is 11.3 Å². The number of aliphatic hydroxyl groups is 1. The summed E-state index contributed by atoms with van der Waals surface area (Å²) in [4.78, 5) is 2.29. The summed E-state index contributed by atoms with van der Waals surface area (Å²) in [7, 11) is 2.12. The van der Waals surface area contributed by atoms with E-state index in [1.807, 2.05) is 0 Å². The van der Waals surface area contributed by atoms with Gasteiger partial charge in [-0.1, -0.05) is 20.8 Å². The lowest BCUT2D eigenvalue weighted by Crippen LogP contribution is -2.35. The number of rotatable bonds is 1. The Morgan fingerprint density at radius 3 is 2.33 bits per heavy atom. The number of likely N-dealkylation sites (tertiary alicyclic amines) is 1. The van der Waals surface area contributed by atoms with Gasteiger partial charge in [-0.15, -0.1) is 0 Å². The van der Waals surface area contributed by atoms with Crippen molar-refractivity contribution in [2.24, 2.45) is 11.3 Å². The maximum atomic E-state index is 9.98. The van der Waals surface area contributed by atoms with Crippen molar-refractivity contribution in [3.05, 3.63) is 0 Å². The normalized spacial score (nSPS) is 29.2. The number of aliphatic hydroxyl groups excluding tert-OH is 1. The highest BCUT2D eigenvalue weighted by Crippen LogP contribution is 2.30. The monoisotopic (exact) mass is 171 g/mol. The van der Waals surface area contributed by atoms with Gasteiger partial charge in [-0.05, 0) is 31.3 Å². The van der Waals surface area contributed by atoms with E-state index in [9.17, 15) is 5.11 Å². The average Bonchev–Trinajstić information content (AvgIpc) is 2.32. The summed E-state index contributed by atoms with van der Waals surface area (Å²) in [6.45, 7) is 8.51. The third kappa shape index (κ3) is 2.20. The molecule has 0 aromatic rings. The van der Waals surface area contributed by atoms with Crippen LogP contribution in [0.3, 0.4) is 0 Å². The standard InChI is InChI=1S/C10H21NO/c1-10(2,3)9(12)8-5-6-11(4)7-8/h8-9,12H,5-7H2,1-4H3. The second kappa shape index (κ2) is 3.35. The molecule has 1 N–H and O–H groups in total. The molecule has 0 spiro atoms. The Hall–Kier alpha value is -0.0800. The van der Waals surface area contributed by atoms with Crippen molar-refractivity contribution in [1.82, 2.24) is 4.90 Å². The largest absolute Gasteiger partial charge is 0.392 e. The fraction of sp³-hybridized carbons (Fsp3) is 1.00. The van der Waals surface area contributed by atoms with Gasteiger partial charge in [0.15, 0.2) is 0 Å². The van der Waals surface area contributed by atoms with Crippen molar-refractivity contribution in [2.75, 3.05) is 20.1 Å². The van der Waals surface area contributed by atoms with Crippen molar-refractivity contribution < 1.29 is 5.11 Å². The number of hydrogen-bond acceptors (Lipinski definition) is 2. The highest BCUT2D eigenvalue weighted by atomic mass is 16.3. The van der Waals surface area contributed by atoms with E-state index >= 15 is 0 Å². The summed E-state index contributed by atoms with van der Waals surface area (Å²) in [5.74, 6) is 0.481. The molecule has 2 unspecified atom stereocenters. The Kier molecular flexibility index (Phi) is 2.79. The average molecular weight is 171 g/mol. The molecule has 2 atom stereocenters. The van der Waals surface area contributed by atoms with Gasteiger partial charge in [0.05, 0.1) is 6.10 Å². The van der Waals surface area contributed by atoms with Gasteiger partial charge in [-0.25, -0.2) is 0 Å². The molecule has 0 aromatic carbocycles. The van der Waals surface area contributed by atoms with Gasteiger partial charge in [0.2, 0.25) is 0 Å². The van der Waals surface area contributed by atoms with Crippen LogP contribution >= 0.6 is 0 Å². The Morgan fingerprint density at radius 1 is 1.42 bits per heavy atom. The molecule has 72 valence electrons. The van der Waals surface area contributed by atoms with Gasteiger partial charge in [0.25, 0.3) is 0 Å². The van der Waals surface area contributed by atoms with Gasteiger partial charge in [-0.2, -0.15) is 0 Å². The first kappa shape index (κ1) is 10.0. The van der Waals surface area contributed by atoms with Crippen molar-refractivity contribution >= 4 is 0 Å². The van der Waals surface area contributed by atoms with E-state index in [-0.39, 0.29) is 11.5 Å². The maximum Gasteiger partial charge on any atom is 0.0629 e. The van der Waals surface area contributed by atoms with E-state index in [2.05, 4.69) is 32.7 Å². The summed E-state index contributed by atoms with van der Waals surface area (Å²) >= 11 is 0. The first-order valence-electron chi connectivity index (χ1n) is 4.78. The van der Waals surface area contributed by atoms with Crippen molar-refractivity contribution in [3.8, 4) is 0 Å². The quantitative estimate of drug-likeness (QED) is 0.643. The van der Waals surface area contributed by atoms with Crippen LogP contribution in [-0.4, -0.2) is 36.2 Å². The third-order valence-corrected chi connectivity index (χ3v) is 2.76. The highest BCUT2D eigenvalue weighted by Gasteiger charge is 2.33. The fourth-order valence-corrected chi connectivity index (χ4v) is 1.93. The van der Waals surface area contributed by atoms with E-state index in [0.29, 0.717) is 5.92 Å². The van der Waals surface area contributed by atoms with Crippen molar-refractivity contribution in [3.63, 3.8) is 0 Å². The molecular weight excluding hydrogens is 150 g/mol. The molecule has 1 rings (SSSR count). The highest BCUT2D eigenvalue weighted by molar-refractivity contribution is 4.85. The molecule has 0 saturated carbocycles. The van der Waals surface area contributed by atoms with Crippen LogP contribution in [0.4, 0.5) is 0 Å². The maximum absolute atomic E-state index is 9.98. The molecule has 0 radical (unpaired) electrons. The molecule has 12 heavy (non-hydrogen) atoms. The minimum absolute atomic E-state index is 0.0375. The third-order valence-electron chi connectivity index (χ3n) is 2.76. The summed E-state index contributed by atoms with van der Waals surface area (Å²) in [5.41, 5.74) is 0.0375. The van der Waals surface area contributed by atoms with E-state index in [0.717, 1.165) is 19.5 Å². The second-order valence-electron chi connectivity index (χ2n) is 5.12. The van der Waals surface area contributed by atoms with E-state index in [1.165, 1.54) is 0 Å². The molecule has 1 heterocycles. The Labute approximate surface area is 75.6 Å². The lowest BCUT2D eigenvalue weighted by molar-refractivity contribution is 0.0157. The Bertz CT molecular complexity index is 150. The fourth-order valence-electron chi connectivity index (χ4n) is 1.93. The molecule has 0 aromatic heterocycles. The van der Waals surface area contributed by atoms with Crippen molar-refractivity contribution in [2.45, 2.75) is 33.3 Å². The van der Waals surface area contributed by atoms with E-state index in [1.54, 1.807) is 0 Å². The molecule has 2 nitrogen and oxygen atoms in total. The lowest BCUT2D eigenvalue weighted by atomic mass is 9.81. The molecule has 0 aliphatic carbocycles. The van der Waals surface area contributed by atoms with Gasteiger partial charge >= 0.3 is 0 Å². The van der Waals surface area contributed by atoms with E-state index < -0.39 is 0 Å². The predicted molar refractivity (Wildman–Crippen MR) is 51.1 cm³/mol. The zero-order valence-electron chi connectivity index (χ0n) is 8.67. The SMILES string of the molecule is CN1CCC(C(O)C(C)(C)C)C1. The minimum Gasteiger partial charge on any atom is -0.392 e. The van der Waals surface area contributed by atoms with Gasteiger partial charge in [0.1, 0.15) is 0 Å². The number of hydrogen-bond donors (Lipinski definition) is 1. The zero-order valence-corrected chi connectivity index (χ0v) is 8.67. The van der Waals surface area contributed by atoms with Gasteiger partial charge in [-0.3, -0.25) is 0 Å². The van der Waals surface area contributed by atoms with Crippen LogP contribution < -0.4 is 0 Å². The Morgan fingerprint density at radius 2 is 2.00 bits per heavy atom. The van der Waals surface area contributed by atoms with E-state index in [4.69, 9.17) is 0 Å². The minimum atomic E-state index is -0.151. The summed E-state index contributed by atoms with van der Waals surface area (Å²) in [6, 6.07) is 0. The molecule has 0 bridgehead atoms. The molecular formula is C10H21NO. The van der Waals surface area contributed by atoms with Crippen LogP contribution in [0.1, 0.15) is 27.2 Å². The van der Waals surface area contributed by atoms with Gasteiger partial charge in [0, 0.05) is 6.54 Å². The first-order valence-corrected chi connectivity index (χ1v) is 4.78. The second-order valence-corrected chi connectivity index (χ2v) is 5.12. The predicted octanol–water partition coefficient (Wildman–Crippen LogP) is 1.35. The van der Waals surface area contributed by atoms with Gasteiger partial charge < -0.3 is 10.0 Å². The van der Waals surface area contributed by atoms with Crippen molar-refractivity contribution in [1.29, 1.82) is 0 Å². The van der Waals surface area contributed by atoms with Crippen LogP contribution in [-0.2, 0) is 0 Å². The van der Waals surface area contributed by atoms with Crippen LogP contribution in [0.15, 0.2) is 0 Å². The number of nitrogens with zero attached hydrogens (tertiary/aromatic N) is 1. The summed E-state index contributed by atoms with van der Waals surface area (Å²) in [6.07, 6.45) is 0.997. The summed E-state index contributed by atoms with van der Waals surface area (Å²) < 4.78 is 0. The van der Waals surface area contributed by atoms with Crippen LogP contribution in [0.5, 0.6) is 0 Å². The molecule has 1 aliphatic heterocycles. The molecule has 1 fully saturated rings. The lowest BCUT2D eigenvalue weighted by Gasteiger charge is -2.30. The molecule has 1 saturated heterocycles. The molecule has 1 aliphatic rings. The van der Waals surface area contributed by atoms with Crippen LogP contribution in [0.2, 0.25) is 0 Å². The first-order chi connectivity index (χ1) is 5.41. The molecule has 0 amide bonds. The summed E-state index contributed by atoms with van der Waals surface area (Å²) in [5, 5.41) is 9.98. The zero-order chi connectivity index (χ0) is 9.35. The van der Waals surface area contributed by atoms with Crippen LogP contribution in [0.25, 0.3) is 0 Å². The molecule has 2 heteroatoms. The topological polar surface area (TPSA) is 23.5 Å². The Balaban J connectivity index is 2.48.